The minimum atomic E-state index is -0.532. The Morgan fingerprint density at radius 2 is 2.11 bits per heavy atom. The molecular weight excluding hydrogens is 230 g/mol. The van der Waals surface area contributed by atoms with Gasteiger partial charge in [-0.1, -0.05) is 6.08 Å². The predicted molar refractivity (Wildman–Crippen MR) is 70.4 cm³/mol. The maximum absolute atomic E-state index is 12.1. The van der Waals surface area contributed by atoms with Crippen LogP contribution in [-0.2, 0) is 9.53 Å². The Bertz CT molecular complexity index is 319. The van der Waals surface area contributed by atoms with Crippen molar-refractivity contribution in [2.24, 2.45) is 0 Å². The third-order valence-electron chi connectivity index (χ3n) is 3.01. The third kappa shape index (κ3) is 3.86. The molecule has 2 atom stereocenters. The smallest absolute Gasteiger partial charge is 0.411 e. The number of rotatable bonds is 4. The van der Waals surface area contributed by atoms with E-state index < -0.39 is 5.60 Å². The standard InChI is InChI=1S/C14H23NO3/c1-5-6-7-11-8-9-12(10-16)15(11)13(17)18-14(2,3)4/h5,10-12H,1,6-9H2,2-4H3. The summed E-state index contributed by atoms with van der Waals surface area (Å²) in [4.78, 5) is 24.8. The van der Waals surface area contributed by atoms with Gasteiger partial charge in [-0.2, -0.15) is 0 Å². The molecule has 1 heterocycles. The van der Waals surface area contributed by atoms with Crippen LogP contribution in [0.2, 0.25) is 0 Å². The number of nitrogens with zero attached hydrogens (tertiary/aromatic N) is 1. The fraction of sp³-hybridized carbons (Fsp3) is 0.714. The Kier molecular flexibility index (Phi) is 4.93. The highest BCUT2D eigenvalue weighted by Gasteiger charge is 2.38. The maximum Gasteiger partial charge on any atom is 0.411 e. The van der Waals surface area contributed by atoms with Gasteiger partial charge in [-0.25, -0.2) is 4.79 Å². The predicted octanol–water partition coefficient (Wildman–Crippen LogP) is 2.92. The highest BCUT2D eigenvalue weighted by Crippen LogP contribution is 2.28. The highest BCUT2D eigenvalue weighted by atomic mass is 16.6. The molecular formula is C14H23NO3. The van der Waals surface area contributed by atoms with Crippen LogP contribution in [0.15, 0.2) is 12.7 Å². The summed E-state index contributed by atoms with van der Waals surface area (Å²) in [5, 5.41) is 0. The zero-order valence-electron chi connectivity index (χ0n) is 11.5. The van der Waals surface area contributed by atoms with Gasteiger partial charge in [-0.3, -0.25) is 4.90 Å². The number of hydrogen-bond acceptors (Lipinski definition) is 3. The Labute approximate surface area is 109 Å². The average Bonchev–Trinajstić information content (AvgIpc) is 2.66. The summed E-state index contributed by atoms with van der Waals surface area (Å²) < 4.78 is 5.37. The van der Waals surface area contributed by atoms with Gasteiger partial charge in [0.25, 0.3) is 0 Å². The number of ether oxygens (including phenoxy) is 1. The Morgan fingerprint density at radius 3 is 2.61 bits per heavy atom. The molecule has 0 bridgehead atoms. The maximum atomic E-state index is 12.1. The molecule has 18 heavy (non-hydrogen) atoms. The molecule has 2 unspecified atom stereocenters. The first-order valence-corrected chi connectivity index (χ1v) is 6.46. The van der Waals surface area contributed by atoms with Crippen molar-refractivity contribution in [3.8, 4) is 0 Å². The average molecular weight is 253 g/mol. The Balaban J connectivity index is 2.73. The molecule has 1 fully saturated rings. The number of aldehydes is 1. The van der Waals surface area contributed by atoms with Crippen molar-refractivity contribution in [1.82, 2.24) is 4.90 Å². The van der Waals surface area contributed by atoms with Gasteiger partial charge in [0.1, 0.15) is 11.9 Å². The minimum absolute atomic E-state index is 0.0908. The van der Waals surface area contributed by atoms with Crippen LogP contribution in [0.1, 0.15) is 46.5 Å². The van der Waals surface area contributed by atoms with Crippen molar-refractivity contribution in [2.75, 3.05) is 0 Å². The molecule has 0 saturated carbocycles. The molecule has 0 aromatic carbocycles. The van der Waals surface area contributed by atoms with Gasteiger partial charge in [0, 0.05) is 6.04 Å². The molecule has 1 aliphatic heterocycles. The summed E-state index contributed by atoms with van der Waals surface area (Å²) in [5.74, 6) is 0. The first-order chi connectivity index (χ1) is 8.39. The monoisotopic (exact) mass is 253 g/mol. The topological polar surface area (TPSA) is 46.6 Å². The second-order valence-corrected chi connectivity index (χ2v) is 5.69. The number of carbonyl (C=O) groups excluding carboxylic acids is 2. The van der Waals surface area contributed by atoms with Crippen molar-refractivity contribution in [3.05, 3.63) is 12.7 Å². The normalized spacial score (nSPS) is 23.8. The lowest BCUT2D eigenvalue weighted by Gasteiger charge is -2.30. The summed E-state index contributed by atoms with van der Waals surface area (Å²) in [6, 6.07) is -0.247. The molecule has 0 aromatic rings. The van der Waals surface area contributed by atoms with Crippen molar-refractivity contribution >= 4 is 12.4 Å². The first kappa shape index (κ1) is 14.7. The lowest BCUT2D eigenvalue weighted by atomic mass is 10.1. The SMILES string of the molecule is C=CCCC1CCC(C=O)N1C(=O)OC(C)(C)C. The summed E-state index contributed by atoms with van der Waals surface area (Å²) in [7, 11) is 0. The van der Waals surface area contributed by atoms with Crippen molar-refractivity contribution in [3.63, 3.8) is 0 Å². The fourth-order valence-electron chi connectivity index (χ4n) is 2.24. The summed E-state index contributed by atoms with van der Waals surface area (Å²) in [6.07, 6.45) is 5.56. The number of likely N-dealkylation sites (tertiary alicyclic amines) is 1. The molecule has 0 aromatic heterocycles. The van der Waals surface area contributed by atoms with Gasteiger partial charge in [-0.05, 0) is 46.5 Å². The first-order valence-electron chi connectivity index (χ1n) is 6.46. The van der Waals surface area contributed by atoms with Crippen molar-refractivity contribution < 1.29 is 14.3 Å². The zero-order chi connectivity index (χ0) is 13.8. The van der Waals surface area contributed by atoms with Crippen molar-refractivity contribution in [1.29, 1.82) is 0 Å². The van der Waals surface area contributed by atoms with Crippen LogP contribution < -0.4 is 0 Å². The number of hydrogen-bond donors (Lipinski definition) is 0. The molecule has 1 aliphatic rings. The van der Waals surface area contributed by atoms with Gasteiger partial charge in [0.2, 0.25) is 0 Å². The molecule has 4 heteroatoms. The second-order valence-electron chi connectivity index (χ2n) is 5.69. The van der Waals surface area contributed by atoms with E-state index >= 15 is 0 Å². The molecule has 0 radical (unpaired) electrons. The molecule has 0 spiro atoms. The molecule has 0 N–H and O–H groups in total. The van der Waals surface area contributed by atoms with Crippen LogP contribution >= 0.6 is 0 Å². The number of amides is 1. The van der Waals surface area contributed by atoms with E-state index in [-0.39, 0.29) is 18.2 Å². The van der Waals surface area contributed by atoms with E-state index in [9.17, 15) is 9.59 Å². The molecule has 0 aliphatic carbocycles. The van der Waals surface area contributed by atoms with Gasteiger partial charge in [-0.15, -0.1) is 6.58 Å². The van der Waals surface area contributed by atoms with E-state index in [0.29, 0.717) is 0 Å². The van der Waals surface area contributed by atoms with Gasteiger partial charge >= 0.3 is 6.09 Å². The summed E-state index contributed by atoms with van der Waals surface area (Å²) in [5.41, 5.74) is -0.532. The van der Waals surface area contributed by atoms with Gasteiger partial charge < -0.3 is 9.53 Å². The van der Waals surface area contributed by atoms with Crippen LogP contribution in [0.3, 0.4) is 0 Å². The van der Waals surface area contributed by atoms with E-state index in [1.165, 1.54) is 0 Å². The summed E-state index contributed by atoms with van der Waals surface area (Å²) >= 11 is 0. The van der Waals surface area contributed by atoms with Crippen molar-refractivity contribution in [2.45, 2.75) is 64.1 Å². The molecule has 4 nitrogen and oxygen atoms in total. The van der Waals surface area contributed by atoms with Crippen LogP contribution in [0, 0.1) is 0 Å². The summed E-state index contributed by atoms with van der Waals surface area (Å²) in [6.45, 7) is 9.17. The quantitative estimate of drug-likeness (QED) is 0.571. The van der Waals surface area contributed by atoms with Crippen LogP contribution in [0.25, 0.3) is 0 Å². The molecule has 1 saturated heterocycles. The van der Waals surface area contributed by atoms with E-state index in [1.807, 2.05) is 26.8 Å². The fourth-order valence-corrected chi connectivity index (χ4v) is 2.24. The Hall–Kier alpha value is -1.32. The van der Waals surface area contributed by atoms with E-state index in [0.717, 1.165) is 32.0 Å². The lowest BCUT2D eigenvalue weighted by Crippen LogP contribution is -2.44. The molecule has 1 amide bonds. The van der Waals surface area contributed by atoms with Crippen LogP contribution in [0.4, 0.5) is 4.79 Å². The van der Waals surface area contributed by atoms with Crippen LogP contribution in [0.5, 0.6) is 0 Å². The lowest BCUT2D eigenvalue weighted by molar-refractivity contribution is -0.112. The molecule has 102 valence electrons. The second kappa shape index (κ2) is 6.03. The zero-order valence-corrected chi connectivity index (χ0v) is 11.5. The van der Waals surface area contributed by atoms with Crippen LogP contribution in [-0.4, -0.2) is 35.0 Å². The van der Waals surface area contributed by atoms with Gasteiger partial charge in [0.15, 0.2) is 0 Å². The Morgan fingerprint density at radius 1 is 1.44 bits per heavy atom. The van der Waals surface area contributed by atoms with Gasteiger partial charge in [0.05, 0.1) is 6.04 Å². The van der Waals surface area contributed by atoms with E-state index in [2.05, 4.69) is 6.58 Å². The van der Waals surface area contributed by atoms with E-state index in [4.69, 9.17) is 4.74 Å². The number of carbonyl (C=O) groups is 2. The largest absolute Gasteiger partial charge is 0.444 e. The van der Waals surface area contributed by atoms with E-state index in [1.54, 1.807) is 4.90 Å². The minimum Gasteiger partial charge on any atom is -0.444 e. The highest BCUT2D eigenvalue weighted by molar-refractivity contribution is 5.75. The third-order valence-corrected chi connectivity index (χ3v) is 3.01. The molecule has 1 rings (SSSR count). The number of allylic oxidation sites excluding steroid dienone is 1.